The summed E-state index contributed by atoms with van der Waals surface area (Å²) in [4.78, 5) is 33.3. The summed E-state index contributed by atoms with van der Waals surface area (Å²) < 4.78 is 1.79. The maximum Gasteiger partial charge on any atom is 0.237 e. The van der Waals surface area contributed by atoms with Crippen molar-refractivity contribution in [3.8, 4) is 5.75 Å². The topological polar surface area (TPSA) is 111 Å². The number of para-hydroxylation sites is 1. The van der Waals surface area contributed by atoms with Crippen molar-refractivity contribution >= 4 is 52.6 Å². The van der Waals surface area contributed by atoms with Gasteiger partial charge < -0.3 is 24.6 Å². The van der Waals surface area contributed by atoms with E-state index in [1.54, 1.807) is 27.9 Å². The highest BCUT2D eigenvalue weighted by molar-refractivity contribution is 6.10. The van der Waals surface area contributed by atoms with E-state index in [2.05, 4.69) is 14.8 Å². The van der Waals surface area contributed by atoms with E-state index in [1.807, 2.05) is 36.4 Å². The number of benzene rings is 2. The quantitative estimate of drug-likeness (QED) is 0.424. The van der Waals surface area contributed by atoms with Crippen LogP contribution in [-0.4, -0.2) is 68.4 Å². The first-order chi connectivity index (χ1) is 17.1. The Balaban J connectivity index is 0.00000267. The second-order valence-corrected chi connectivity index (χ2v) is 8.71. The average molecular weight is 508 g/mol. The van der Waals surface area contributed by atoms with Crippen molar-refractivity contribution < 1.29 is 15.0 Å². The molecule has 0 atom stereocenters. The number of phenols is 1. The minimum absolute atomic E-state index is 0. The molecule has 186 valence electrons. The van der Waals surface area contributed by atoms with Crippen molar-refractivity contribution in [3.63, 3.8) is 0 Å². The number of anilines is 4. The lowest BCUT2D eigenvalue weighted by Crippen LogP contribution is -2.47. The summed E-state index contributed by atoms with van der Waals surface area (Å²) in [5.74, 6) is 1.21. The van der Waals surface area contributed by atoms with E-state index in [9.17, 15) is 15.0 Å². The number of phenolic OH excluding ortho intramolecular Hbond substituents is 1. The van der Waals surface area contributed by atoms with Crippen LogP contribution in [0.4, 0.5) is 23.1 Å². The van der Waals surface area contributed by atoms with Crippen LogP contribution in [0.25, 0.3) is 11.2 Å². The van der Waals surface area contributed by atoms with E-state index >= 15 is 0 Å². The monoisotopic (exact) mass is 507 g/mol. The molecule has 1 fully saturated rings. The Hall–Kier alpha value is -3.89. The van der Waals surface area contributed by atoms with Gasteiger partial charge in [-0.05, 0) is 35.9 Å². The molecule has 0 radical (unpaired) electrons. The highest BCUT2D eigenvalue weighted by Gasteiger charge is 2.33. The molecule has 1 saturated heterocycles. The van der Waals surface area contributed by atoms with Crippen LogP contribution >= 0.6 is 12.4 Å². The number of aliphatic hydroxyl groups is 1. The van der Waals surface area contributed by atoms with Crippen LogP contribution < -0.4 is 14.7 Å². The highest BCUT2D eigenvalue weighted by Crippen LogP contribution is 2.38. The minimum atomic E-state index is -0.0500. The largest absolute Gasteiger partial charge is 0.508 e. The lowest BCUT2D eigenvalue weighted by atomic mass is 10.2. The SMILES string of the molecule is Cl.O=C1Cc2ccccc2N1c1nc(N2CCN(c3ccc(O)cc3)CC2)nc2c1ncn2CCO. The van der Waals surface area contributed by atoms with Crippen LogP contribution in [0.3, 0.4) is 0 Å². The van der Waals surface area contributed by atoms with Gasteiger partial charge in [0.2, 0.25) is 11.9 Å². The number of nitrogens with zero attached hydrogens (tertiary/aromatic N) is 7. The van der Waals surface area contributed by atoms with Crippen LogP contribution in [0.5, 0.6) is 5.75 Å². The fourth-order valence-corrected chi connectivity index (χ4v) is 4.80. The number of amides is 1. The molecule has 6 rings (SSSR count). The molecule has 0 saturated carbocycles. The lowest BCUT2D eigenvalue weighted by Gasteiger charge is -2.36. The molecule has 0 spiro atoms. The van der Waals surface area contributed by atoms with Crippen LogP contribution in [0.1, 0.15) is 5.56 Å². The number of imidazole rings is 1. The summed E-state index contributed by atoms with van der Waals surface area (Å²) in [5.41, 5.74) is 3.97. The highest BCUT2D eigenvalue weighted by atomic mass is 35.5. The number of carbonyl (C=O) groups is 1. The van der Waals surface area contributed by atoms with E-state index in [0.717, 1.165) is 30.0 Å². The fourth-order valence-electron chi connectivity index (χ4n) is 4.80. The third-order valence-corrected chi connectivity index (χ3v) is 6.59. The van der Waals surface area contributed by atoms with Gasteiger partial charge in [0.05, 0.1) is 25.0 Å². The number of piperazine rings is 1. The van der Waals surface area contributed by atoms with E-state index in [0.29, 0.717) is 49.0 Å². The molecule has 1 amide bonds. The first-order valence-electron chi connectivity index (χ1n) is 11.7. The first kappa shape index (κ1) is 23.8. The lowest BCUT2D eigenvalue weighted by molar-refractivity contribution is -0.116. The predicted molar refractivity (Wildman–Crippen MR) is 139 cm³/mol. The Kier molecular flexibility index (Phi) is 6.38. The molecule has 2 aliphatic rings. The standard InChI is InChI=1S/C25H25N7O3.ClH/c33-14-13-31-16-26-22-23(31)27-25(28-24(22)32-20-4-2-1-3-17(20)15-21(32)35)30-11-9-29(10-12-30)18-5-7-19(34)8-6-18;/h1-8,16,33-34H,9-15H2;1H. The summed E-state index contributed by atoms with van der Waals surface area (Å²) in [6.45, 7) is 3.24. The maximum absolute atomic E-state index is 13.1. The minimum Gasteiger partial charge on any atom is -0.508 e. The molecule has 0 aliphatic carbocycles. The molecular formula is C25H26ClN7O3. The van der Waals surface area contributed by atoms with Gasteiger partial charge in [-0.3, -0.25) is 9.69 Å². The van der Waals surface area contributed by atoms with E-state index in [1.165, 1.54) is 0 Å². The van der Waals surface area contributed by atoms with Crippen LogP contribution in [0, 0.1) is 0 Å². The number of aliphatic hydroxyl groups excluding tert-OH is 1. The van der Waals surface area contributed by atoms with E-state index in [-0.39, 0.29) is 30.7 Å². The molecule has 4 aromatic rings. The zero-order chi connectivity index (χ0) is 23.9. The molecule has 0 unspecified atom stereocenters. The van der Waals surface area contributed by atoms with Crippen LogP contribution in [-0.2, 0) is 17.8 Å². The predicted octanol–water partition coefficient (Wildman–Crippen LogP) is 2.49. The van der Waals surface area contributed by atoms with E-state index < -0.39 is 0 Å². The number of aromatic nitrogens is 4. The fraction of sp³-hybridized carbons (Fsp3) is 0.280. The number of halogens is 1. The molecule has 2 aromatic carbocycles. The maximum atomic E-state index is 13.1. The van der Waals surface area contributed by atoms with Gasteiger partial charge in [0.15, 0.2) is 17.0 Å². The molecule has 11 heteroatoms. The summed E-state index contributed by atoms with van der Waals surface area (Å²) in [6.07, 6.45) is 1.96. The second kappa shape index (κ2) is 9.63. The van der Waals surface area contributed by atoms with Crippen molar-refractivity contribution in [1.29, 1.82) is 0 Å². The van der Waals surface area contributed by atoms with Crippen molar-refractivity contribution in [2.24, 2.45) is 0 Å². The van der Waals surface area contributed by atoms with Crippen LogP contribution in [0.2, 0.25) is 0 Å². The molecule has 2 N–H and O–H groups in total. The smallest absolute Gasteiger partial charge is 0.237 e. The summed E-state index contributed by atoms with van der Waals surface area (Å²) in [6, 6.07) is 14.9. The van der Waals surface area contributed by atoms with Gasteiger partial charge in [-0.2, -0.15) is 9.97 Å². The Labute approximate surface area is 213 Å². The average Bonchev–Trinajstić information content (AvgIpc) is 3.44. The summed E-state index contributed by atoms with van der Waals surface area (Å²) in [5, 5.41) is 19.1. The van der Waals surface area contributed by atoms with Crippen molar-refractivity contribution in [1.82, 2.24) is 19.5 Å². The molecule has 4 heterocycles. The Morgan fingerprint density at radius 3 is 2.39 bits per heavy atom. The van der Waals surface area contributed by atoms with Gasteiger partial charge in [0.1, 0.15) is 5.75 Å². The molecule has 2 aliphatic heterocycles. The van der Waals surface area contributed by atoms with Crippen molar-refractivity contribution in [2.75, 3.05) is 47.5 Å². The van der Waals surface area contributed by atoms with Gasteiger partial charge in [-0.25, -0.2) is 4.98 Å². The first-order valence-corrected chi connectivity index (χ1v) is 11.7. The molecule has 2 aromatic heterocycles. The number of rotatable bonds is 5. The third kappa shape index (κ3) is 4.08. The number of hydrogen-bond donors (Lipinski definition) is 2. The number of fused-ring (bicyclic) bond motifs is 2. The zero-order valence-electron chi connectivity index (χ0n) is 19.5. The Bertz CT molecular complexity index is 1400. The Morgan fingerprint density at radius 1 is 0.917 bits per heavy atom. The zero-order valence-corrected chi connectivity index (χ0v) is 20.3. The second-order valence-electron chi connectivity index (χ2n) is 8.71. The summed E-state index contributed by atoms with van der Waals surface area (Å²) in [7, 11) is 0. The number of aromatic hydroxyl groups is 1. The van der Waals surface area contributed by atoms with Gasteiger partial charge in [-0.1, -0.05) is 18.2 Å². The number of hydrogen-bond acceptors (Lipinski definition) is 8. The van der Waals surface area contributed by atoms with Gasteiger partial charge in [-0.15, -0.1) is 12.4 Å². The van der Waals surface area contributed by atoms with Gasteiger partial charge in [0.25, 0.3) is 0 Å². The molecule has 10 nitrogen and oxygen atoms in total. The number of carbonyl (C=O) groups excluding carboxylic acids is 1. The molecular weight excluding hydrogens is 482 g/mol. The van der Waals surface area contributed by atoms with Crippen molar-refractivity contribution in [3.05, 3.63) is 60.4 Å². The summed E-state index contributed by atoms with van der Waals surface area (Å²) >= 11 is 0. The molecule has 36 heavy (non-hydrogen) atoms. The van der Waals surface area contributed by atoms with Gasteiger partial charge in [0, 0.05) is 38.4 Å². The van der Waals surface area contributed by atoms with Crippen molar-refractivity contribution in [2.45, 2.75) is 13.0 Å². The Morgan fingerprint density at radius 2 is 1.64 bits per heavy atom. The van der Waals surface area contributed by atoms with E-state index in [4.69, 9.17) is 9.97 Å². The third-order valence-electron chi connectivity index (χ3n) is 6.59. The molecule has 0 bridgehead atoms. The van der Waals surface area contributed by atoms with Gasteiger partial charge >= 0.3 is 0 Å². The van der Waals surface area contributed by atoms with Crippen LogP contribution in [0.15, 0.2) is 54.9 Å². The normalized spacial score (nSPS) is 15.4.